The van der Waals surface area contributed by atoms with Crippen LogP contribution >= 0.6 is 50.3 Å². The van der Waals surface area contributed by atoms with E-state index in [0.717, 1.165) is 78.3 Å². The van der Waals surface area contributed by atoms with Crippen molar-refractivity contribution in [3.05, 3.63) is 289 Å². The molecule has 1 aliphatic rings. The fourth-order valence-electron chi connectivity index (χ4n) is 10.5. The average Bonchev–Trinajstić information content (AvgIpc) is 3.48. The summed E-state index contributed by atoms with van der Waals surface area (Å²) in [5.41, 5.74) is 26.9. The van der Waals surface area contributed by atoms with E-state index in [1.165, 1.54) is 139 Å². The largest absolute Gasteiger partial charge is 0.199 e. The molecule has 0 saturated heterocycles. The van der Waals surface area contributed by atoms with Gasteiger partial charge in [0.15, 0.2) is 0 Å². The van der Waals surface area contributed by atoms with Gasteiger partial charge in [-0.25, -0.2) is 0 Å². The Labute approximate surface area is 586 Å². The van der Waals surface area contributed by atoms with Crippen molar-refractivity contribution in [2.24, 2.45) is 11.8 Å². The molecule has 9 rings (SSSR count). The minimum Gasteiger partial charge on any atom is -0.199 e. The van der Waals surface area contributed by atoms with Gasteiger partial charge in [-0.3, -0.25) is 0 Å². The molecule has 3 radical (unpaired) electrons. The molecule has 82 heavy (non-hydrogen) atoms. The first-order valence-electron chi connectivity index (χ1n) is 29.0. The van der Waals surface area contributed by atoms with Crippen molar-refractivity contribution in [1.29, 1.82) is 0 Å². The van der Waals surface area contributed by atoms with Gasteiger partial charge in [0, 0.05) is 104 Å². The normalized spacial score (nSPS) is 13.9. The predicted molar refractivity (Wildman–Crippen MR) is 368 cm³/mol. The van der Waals surface area contributed by atoms with Gasteiger partial charge in [-0.2, -0.15) is 60.5 Å². The van der Waals surface area contributed by atoms with E-state index in [2.05, 4.69) is 241 Å². The molecule has 0 heterocycles. The summed E-state index contributed by atoms with van der Waals surface area (Å²) < 4.78 is 0. The molecule has 0 bridgehead atoms. The Balaban J connectivity index is 0.000000306. The van der Waals surface area contributed by atoms with Crippen LogP contribution in [0.2, 0.25) is 0 Å². The molecule has 6 unspecified atom stereocenters. The molecule has 0 N–H and O–H groups in total. The van der Waals surface area contributed by atoms with Crippen molar-refractivity contribution in [2.45, 2.75) is 145 Å². The first-order chi connectivity index (χ1) is 38.3. The Bertz CT molecular complexity index is 2990. The second-order valence-electron chi connectivity index (χ2n) is 22.0. The van der Waals surface area contributed by atoms with Crippen LogP contribution in [0.15, 0.2) is 170 Å². The van der Waals surface area contributed by atoms with Crippen LogP contribution in [0, 0.1) is 59.4 Å². The quantitative estimate of drug-likeness (QED) is 0.0593. The zero-order valence-electron chi connectivity index (χ0n) is 50.8. The Morgan fingerprint density at radius 1 is 0.439 bits per heavy atom. The van der Waals surface area contributed by atoms with E-state index in [9.17, 15) is 0 Å². The summed E-state index contributed by atoms with van der Waals surface area (Å²) in [5.74, 6) is 1.89. The van der Waals surface area contributed by atoms with Gasteiger partial charge in [-0.05, 0) is 199 Å². The summed E-state index contributed by atoms with van der Waals surface area (Å²) in [7, 11) is 10.7. The Kier molecular flexibility index (Phi) is 38.5. The molecule has 8 aromatic rings. The minimum absolute atomic E-state index is 0. The molecule has 9 heteroatoms. The van der Waals surface area contributed by atoms with E-state index in [0.29, 0.717) is 0 Å². The van der Waals surface area contributed by atoms with Crippen LogP contribution in [0.3, 0.4) is 0 Å². The SMILES string of the molecule is CCC1CCC(Cc2ccc(Cc3ccc(CP(P)PP)cc3)c(C)c2C)CC1.CCc1ccc(Cc2cc[c-]cc2)cc1.CCc1ccc(Cc2ccc(Cc3ccc(CPP)cc3)c(C)c2C)cc1.[CH2-]c1ccc(C)cc1.[Y].[Y].[Y]. The van der Waals surface area contributed by atoms with E-state index in [4.69, 9.17) is 0 Å². The number of hydrogen-bond donors (Lipinski definition) is 0. The molecule has 425 valence electrons. The first-order valence-corrected chi connectivity index (χ1v) is 38.8. The number of aryl methyl sites for hydroxylation is 3. The minimum atomic E-state index is 0. The van der Waals surface area contributed by atoms with Crippen molar-refractivity contribution in [3.63, 3.8) is 0 Å². The topological polar surface area (TPSA) is 0 Å². The van der Waals surface area contributed by atoms with Gasteiger partial charge in [-0.1, -0.05) is 190 Å². The van der Waals surface area contributed by atoms with Crippen molar-refractivity contribution < 1.29 is 98.1 Å². The third-order valence-corrected chi connectivity index (χ3v) is 27.6. The maximum atomic E-state index is 3.76. The summed E-state index contributed by atoms with van der Waals surface area (Å²) in [4.78, 5) is 0. The third kappa shape index (κ3) is 26.3. The van der Waals surface area contributed by atoms with Gasteiger partial charge in [-0.15, -0.1) is 38.9 Å². The molecule has 1 fully saturated rings. The van der Waals surface area contributed by atoms with Gasteiger partial charge in [0.05, 0.1) is 0 Å². The second-order valence-corrected chi connectivity index (χ2v) is 33.7. The summed E-state index contributed by atoms with van der Waals surface area (Å²) in [5, 5.41) is 0. The Hall–Kier alpha value is -0.478. The first kappa shape index (κ1) is 75.8. The maximum absolute atomic E-state index is 3.76. The van der Waals surface area contributed by atoms with Crippen molar-refractivity contribution >= 4 is 50.3 Å². The van der Waals surface area contributed by atoms with Crippen LogP contribution in [0.5, 0.6) is 0 Å². The second kappa shape index (κ2) is 41.7. The molecule has 0 amide bonds. The van der Waals surface area contributed by atoms with Crippen LogP contribution in [-0.2, 0) is 155 Å². The van der Waals surface area contributed by atoms with Crippen LogP contribution in [-0.4, -0.2) is 0 Å². The summed E-state index contributed by atoms with van der Waals surface area (Å²) >= 11 is 0. The molecule has 0 aliphatic heterocycles. The van der Waals surface area contributed by atoms with Gasteiger partial charge in [0.2, 0.25) is 0 Å². The molecule has 0 nitrogen and oxygen atoms in total. The van der Waals surface area contributed by atoms with E-state index < -0.39 is 0 Å². The van der Waals surface area contributed by atoms with E-state index in [1.807, 2.05) is 24.3 Å². The average molecular weight is 1420 g/mol. The summed E-state index contributed by atoms with van der Waals surface area (Å²) in [6.45, 7) is 21.8. The van der Waals surface area contributed by atoms with Crippen molar-refractivity contribution in [1.82, 2.24) is 0 Å². The zero-order chi connectivity index (χ0) is 56.5. The van der Waals surface area contributed by atoms with Crippen LogP contribution < -0.4 is 0 Å². The fraction of sp³-hybridized carbons (Fsp3) is 0.329. The van der Waals surface area contributed by atoms with Crippen molar-refractivity contribution in [2.75, 3.05) is 0 Å². The standard InChI is InChI=1S/C25H38P4.C25H30P2.C15H15.C8H9.3Y/c1-4-20-5-7-21(8-6-20)15-24-13-14-25(19(3)18(24)2)16-22-9-11-23(12-10-22)17-29(27)28-26;1-4-20-5-7-21(8-6-20)15-24-13-14-25(19(3)18(24)2)16-22-9-11-23(12-10-22)17-27-26;1-2-13-8-10-15(11-9-13)12-14-6-4-3-5-7-14;1-7-3-5-8(2)6-4-7;;;/h9-14,20-21,28H,4-8,15-17,26-27H2,1-3H3;5-14,27H,4,15-17,26H2,1-3H3;4-11H,2,12H2,1H3;3-6H,1H2,2H3;;;/q;;2*-1;;;. The Morgan fingerprint density at radius 2 is 0.793 bits per heavy atom. The molecule has 1 saturated carbocycles. The molecule has 1 aliphatic carbocycles. The number of hydrogen-bond acceptors (Lipinski definition) is 0. The molecule has 8 aromatic carbocycles. The molecular weight excluding hydrogens is 1330 g/mol. The molecule has 6 atom stereocenters. The predicted octanol–water partition coefficient (Wildman–Crippen LogP) is 21.6. The van der Waals surface area contributed by atoms with E-state index in [1.54, 1.807) is 5.56 Å². The Morgan fingerprint density at radius 3 is 1.18 bits per heavy atom. The summed E-state index contributed by atoms with van der Waals surface area (Å²) in [6, 6.07) is 65.3. The van der Waals surface area contributed by atoms with E-state index >= 15 is 0 Å². The van der Waals surface area contributed by atoms with Crippen LogP contribution in [0.4, 0.5) is 0 Å². The summed E-state index contributed by atoms with van der Waals surface area (Å²) in [6.07, 6.45) is 17.1. The monoisotopic (exact) mass is 1420 g/mol. The molecule has 0 spiro atoms. The van der Waals surface area contributed by atoms with E-state index in [-0.39, 0.29) is 105 Å². The zero-order valence-corrected chi connectivity index (χ0v) is 65.7. The smallest absolute Gasteiger partial charge is 0.0000274 e. The molecule has 0 aromatic heterocycles. The van der Waals surface area contributed by atoms with Gasteiger partial charge >= 0.3 is 0 Å². The number of benzene rings is 8. The van der Waals surface area contributed by atoms with Gasteiger partial charge < -0.3 is 0 Å². The van der Waals surface area contributed by atoms with Gasteiger partial charge in [0.1, 0.15) is 0 Å². The van der Waals surface area contributed by atoms with Crippen LogP contribution in [0.25, 0.3) is 0 Å². The maximum Gasteiger partial charge on any atom is 0.0000274 e. The van der Waals surface area contributed by atoms with Crippen molar-refractivity contribution in [3.8, 4) is 0 Å². The van der Waals surface area contributed by atoms with Crippen LogP contribution in [0.1, 0.15) is 159 Å². The van der Waals surface area contributed by atoms with Gasteiger partial charge in [0.25, 0.3) is 0 Å². The number of rotatable bonds is 18. The fourth-order valence-corrected chi connectivity index (χ4v) is 14.7. The molecular formula is C73H92P6Y3-2. The third-order valence-electron chi connectivity index (χ3n) is 16.3.